The van der Waals surface area contributed by atoms with Crippen molar-refractivity contribution >= 4 is 0 Å². The Kier molecular flexibility index (Phi) is 3.54. The number of benzene rings is 2. The number of nitrogens with zero attached hydrogens (tertiary/aromatic N) is 3. The average molecular weight is 267 g/mol. The van der Waals surface area contributed by atoms with Crippen LogP contribution in [0.3, 0.4) is 0 Å². The van der Waals surface area contributed by atoms with Crippen molar-refractivity contribution in [1.29, 1.82) is 0 Å². The predicted octanol–water partition coefficient (Wildman–Crippen LogP) is 3.33. The summed E-state index contributed by atoms with van der Waals surface area (Å²) in [5.74, 6) is -0.245. The third-order valence-electron chi connectivity index (χ3n) is 3.15. The first-order valence-corrected chi connectivity index (χ1v) is 6.51. The number of aryl methyl sites for hydroxylation is 2. The first-order valence-electron chi connectivity index (χ1n) is 6.51. The summed E-state index contributed by atoms with van der Waals surface area (Å²) in [6.07, 6.45) is 2.79. The van der Waals surface area contributed by atoms with Crippen molar-refractivity contribution in [3.05, 3.63) is 72.2 Å². The largest absolute Gasteiger partial charge is 0.252 e. The summed E-state index contributed by atoms with van der Waals surface area (Å²) in [5.41, 5.74) is 2.90. The molecule has 3 aromatic rings. The lowest BCUT2D eigenvalue weighted by Gasteiger charge is -2.00. The van der Waals surface area contributed by atoms with Gasteiger partial charge in [0.05, 0.1) is 6.20 Å². The highest BCUT2D eigenvalue weighted by Crippen LogP contribution is 2.16. The molecule has 1 aromatic heterocycles. The molecule has 0 N–H and O–H groups in total. The van der Waals surface area contributed by atoms with Crippen LogP contribution in [0.15, 0.2) is 60.8 Å². The minimum Gasteiger partial charge on any atom is -0.252 e. The van der Waals surface area contributed by atoms with Crippen molar-refractivity contribution in [2.45, 2.75) is 13.0 Å². The molecule has 3 nitrogen and oxygen atoms in total. The third-order valence-corrected chi connectivity index (χ3v) is 3.15. The lowest BCUT2D eigenvalue weighted by atomic mass is 10.1. The summed E-state index contributed by atoms with van der Waals surface area (Å²) < 4.78 is 14.7. The lowest BCUT2D eigenvalue weighted by molar-refractivity contribution is 0.589. The summed E-state index contributed by atoms with van der Waals surface area (Å²) in [7, 11) is 0. The van der Waals surface area contributed by atoms with Crippen molar-refractivity contribution in [1.82, 2.24) is 15.0 Å². The Morgan fingerprint density at radius 3 is 2.45 bits per heavy atom. The number of hydrogen-bond donors (Lipinski definition) is 0. The fraction of sp³-hybridized carbons (Fsp3) is 0.125. The van der Waals surface area contributed by atoms with Crippen LogP contribution >= 0.6 is 0 Å². The zero-order valence-electron chi connectivity index (χ0n) is 10.9. The number of aromatic nitrogens is 3. The van der Waals surface area contributed by atoms with Crippen molar-refractivity contribution in [2.75, 3.05) is 0 Å². The van der Waals surface area contributed by atoms with Gasteiger partial charge in [0, 0.05) is 12.1 Å². The second-order valence-corrected chi connectivity index (χ2v) is 4.61. The molecule has 3 rings (SSSR count). The quantitative estimate of drug-likeness (QED) is 0.726. The van der Waals surface area contributed by atoms with Crippen LogP contribution in [0.25, 0.3) is 11.3 Å². The molecule has 0 saturated carbocycles. The normalized spacial score (nSPS) is 10.7. The number of rotatable bonds is 4. The lowest BCUT2D eigenvalue weighted by Crippen LogP contribution is -2.01. The summed E-state index contributed by atoms with van der Waals surface area (Å²) in [4.78, 5) is 0. The van der Waals surface area contributed by atoms with Gasteiger partial charge < -0.3 is 0 Å². The smallest absolute Gasteiger partial charge is 0.123 e. The molecule has 0 atom stereocenters. The van der Waals surface area contributed by atoms with Gasteiger partial charge in [-0.05, 0) is 36.2 Å². The van der Waals surface area contributed by atoms with E-state index in [1.54, 1.807) is 12.1 Å². The fourth-order valence-corrected chi connectivity index (χ4v) is 2.05. The molecular weight excluding hydrogens is 253 g/mol. The molecule has 1 heterocycles. The SMILES string of the molecule is Fc1ccc(-c2cn(CCc3ccccc3)nn2)cc1. The first-order chi connectivity index (χ1) is 9.81. The molecule has 0 saturated heterocycles. The van der Waals surface area contributed by atoms with E-state index in [0.29, 0.717) is 0 Å². The van der Waals surface area contributed by atoms with Gasteiger partial charge in [-0.15, -0.1) is 5.10 Å². The van der Waals surface area contributed by atoms with Gasteiger partial charge in [0.2, 0.25) is 0 Å². The molecule has 20 heavy (non-hydrogen) atoms. The van der Waals surface area contributed by atoms with Crippen molar-refractivity contribution in [2.24, 2.45) is 0 Å². The Bertz CT molecular complexity index is 674. The van der Waals surface area contributed by atoms with Crippen LogP contribution in [-0.4, -0.2) is 15.0 Å². The molecule has 0 radical (unpaired) electrons. The van der Waals surface area contributed by atoms with E-state index in [1.807, 2.05) is 29.1 Å². The van der Waals surface area contributed by atoms with E-state index in [9.17, 15) is 4.39 Å². The van der Waals surface area contributed by atoms with Crippen molar-refractivity contribution in [3.63, 3.8) is 0 Å². The molecule has 4 heteroatoms. The number of halogens is 1. The van der Waals surface area contributed by atoms with Gasteiger partial charge in [-0.3, -0.25) is 4.68 Å². The molecular formula is C16H14FN3. The Morgan fingerprint density at radius 1 is 0.950 bits per heavy atom. The van der Waals surface area contributed by atoms with Gasteiger partial charge in [0.15, 0.2) is 0 Å². The molecule has 0 bridgehead atoms. The highest BCUT2D eigenvalue weighted by Gasteiger charge is 2.04. The number of hydrogen-bond acceptors (Lipinski definition) is 2. The van der Waals surface area contributed by atoms with Gasteiger partial charge >= 0.3 is 0 Å². The van der Waals surface area contributed by atoms with Gasteiger partial charge in [-0.25, -0.2) is 4.39 Å². The maximum Gasteiger partial charge on any atom is 0.123 e. The molecule has 0 spiro atoms. The highest BCUT2D eigenvalue weighted by molar-refractivity contribution is 5.57. The van der Waals surface area contributed by atoms with Crippen molar-refractivity contribution < 1.29 is 4.39 Å². The van der Waals surface area contributed by atoms with Crippen LogP contribution < -0.4 is 0 Å². The zero-order chi connectivity index (χ0) is 13.8. The fourth-order valence-electron chi connectivity index (χ4n) is 2.05. The van der Waals surface area contributed by atoms with E-state index in [2.05, 4.69) is 22.4 Å². The molecule has 0 aliphatic heterocycles. The molecule has 0 fully saturated rings. The summed E-state index contributed by atoms with van der Waals surface area (Å²) in [5, 5.41) is 8.22. The van der Waals surface area contributed by atoms with E-state index in [-0.39, 0.29) is 5.82 Å². The van der Waals surface area contributed by atoms with E-state index < -0.39 is 0 Å². The molecule has 2 aromatic carbocycles. The minimum atomic E-state index is -0.245. The van der Waals surface area contributed by atoms with E-state index in [4.69, 9.17) is 0 Å². The van der Waals surface area contributed by atoms with Crippen LogP contribution in [0.2, 0.25) is 0 Å². The summed E-state index contributed by atoms with van der Waals surface area (Å²) in [6.45, 7) is 0.776. The van der Waals surface area contributed by atoms with E-state index in [1.165, 1.54) is 17.7 Å². The molecule has 0 amide bonds. The molecule has 0 unspecified atom stereocenters. The topological polar surface area (TPSA) is 30.7 Å². The van der Waals surface area contributed by atoms with Crippen LogP contribution in [-0.2, 0) is 13.0 Å². The molecule has 0 aliphatic rings. The highest BCUT2D eigenvalue weighted by atomic mass is 19.1. The van der Waals surface area contributed by atoms with Gasteiger partial charge in [0.25, 0.3) is 0 Å². The summed E-state index contributed by atoms with van der Waals surface area (Å²) >= 11 is 0. The van der Waals surface area contributed by atoms with Crippen LogP contribution in [0.4, 0.5) is 4.39 Å². The first kappa shape index (κ1) is 12.5. The van der Waals surface area contributed by atoms with Crippen LogP contribution in [0.5, 0.6) is 0 Å². The van der Waals surface area contributed by atoms with Gasteiger partial charge in [-0.2, -0.15) is 0 Å². The average Bonchev–Trinajstić information content (AvgIpc) is 2.96. The Hall–Kier alpha value is -2.49. The van der Waals surface area contributed by atoms with Crippen LogP contribution in [0.1, 0.15) is 5.56 Å². The van der Waals surface area contributed by atoms with E-state index in [0.717, 1.165) is 24.2 Å². The zero-order valence-corrected chi connectivity index (χ0v) is 10.9. The molecule has 100 valence electrons. The Morgan fingerprint density at radius 2 is 1.70 bits per heavy atom. The predicted molar refractivity (Wildman–Crippen MR) is 75.6 cm³/mol. The standard InChI is InChI=1S/C16H14FN3/c17-15-8-6-14(7-9-15)16-12-20(19-18-16)11-10-13-4-2-1-3-5-13/h1-9,12H,10-11H2. The van der Waals surface area contributed by atoms with Gasteiger partial charge in [0.1, 0.15) is 11.5 Å². The molecule has 0 aliphatic carbocycles. The monoisotopic (exact) mass is 267 g/mol. The second-order valence-electron chi connectivity index (χ2n) is 4.61. The van der Waals surface area contributed by atoms with Crippen LogP contribution in [0, 0.1) is 5.82 Å². The Labute approximate surface area is 116 Å². The van der Waals surface area contributed by atoms with E-state index >= 15 is 0 Å². The Balaban J connectivity index is 1.69. The van der Waals surface area contributed by atoms with Gasteiger partial charge in [-0.1, -0.05) is 35.5 Å². The maximum absolute atomic E-state index is 12.9. The third kappa shape index (κ3) is 2.91. The maximum atomic E-state index is 12.9. The van der Waals surface area contributed by atoms with Crippen molar-refractivity contribution in [3.8, 4) is 11.3 Å². The minimum absolute atomic E-state index is 0.245. The second kappa shape index (κ2) is 5.65. The summed E-state index contributed by atoms with van der Waals surface area (Å²) in [6, 6.07) is 16.5.